The Morgan fingerprint density at radius 2 is 2.31 bits per heavy atom. The molecule has 1 aliphatic carbocycles. The summed E-state index contributed by atoms with van der Waals surface area (Å²) in [5.74, 6) is 0.528. The van der Waals surface area contributed by atoms with Gasteiger partial charge in [-0.05, 0) is 32.1 Å². The van der Waals surface area contributed by atoms with Gasteiger partial charge in [-0.15, -0.1) is 0 Å². The van der Waals surface area contributed by atoms with Crippen LogP contribution in [0.1, 0.15) is 32.6 Å². The lowest BCUT2D eigenvalue weighted by Gasteiger charge is -2.24. The highest BCUT2D eigenvalue weighted by atomic mass is 16.8. The molecule has 0 amide bonds. The van der Waals surface area contributed by atoms with Gasteiger partial charge in [0.2, 0.25) is 0 Å². The zero-order valence-electron chi connectivity index (χ0n) is 8.11. The van der Waals surface area contributed by atoms with Crippen molar-refractivity contribution in [1.29, 1.82) is 0 Å². The average Bonchev–Trinajstić information content (AvgIpc) is 2.85. The Kier molecular flexibility index (Phi) is 2.86. The molecule has 3 nitrogen and oxygen atoms in total. The Labute approximate surface area is 79.0 Å². The van der Waals surface area contributed by atoms with Gasteiger partial charge >= 0.3 is 0 Å². The zero-order valence-corrected chi connectivity index (χ0v) is 8.11. The predicted molar refractivity (Wildman–Crippen MR) is 48.3 cm³/mol. The van der Waals surface area contributed by atoms with Crippen LogP contribution in [0.25, 0.3) is 0 Å². The average molecular weight is 186 g/mol. The van der Waals surface area contributed by atoms with Crippen LogP contribution in [0.15, 0.2) is 0 Å². The number of aliphatic hydroxyl groups is 1. The highest BCUT2D eigenvalue weighted by Gasteiger charge is 2.46. The van der Waals surface area contributed by atoms with E-state index >= 15 is 0 Å². The third kappa shape index (κ3) is 2.22. The second kappa shape index (κ2) is 3.95. The van der Waals surface area contributed by atoms with Crippen LogP contribution in [-0.2, 0) is 9.47 Å². The number of hydrogen-bond donors (Lipinski definition) is 1. The third-order valence-corrected chi connectivity index (χ3v) is 2.97. The Morgan fingerprint density at radius 1 is 1.46 bits per heavy atom. The molecule has 1 saturated carbocycles. The Bertz CT molecular complexity index is 172. The van der Waals surface area contributed by atoms with E-state index in [4.69, 9.17) is 9.47 Å². The van der Waals surface area contributed by atoms with E-state index in [9.17, 15) is 5.11 Å². The second-order valence-electron chi connectivity index (χ2n) is 4.00. The van der Waals surface area contributed by atoms with Gasteiger partial charge in [0.1, 0.15) is 6.10 Å². The number of ether oxygens (including phenoxy) is 2. The number of epoxide rings is 1. The highest BCUT2D eigenvalue weighted by Crippen LogP contribution is 2.38. The molecular weight excluding hydrogens is 168 g/mol. The number of aliphatic hydroxyl groups excluding tert-OH is 1. The molecule has 1 heterocycles. The van der Waals surface area contributed by atoms with Crippen LogP contribution >= 0.6 is 0 Å². The van der Waals surface area contributed by atoms with Gasteiger partial charge in [-0.3, -0.25) is 0 Å². The molecule has 2 rings (SSSR count). The maximum Gasteiger partial charge on any atom is 0.184 e. The summed E-state index contributed by atoms with van der Waals surface area (Å²) in [7, 11) is 0. The van der Waals surface area contributed by atoms with Gasteiger partial charge in [-0.2, -0.15) is 0 Å². The summed E-state index contributed by atoms with van der Waals surface area (Å²) >= 11 is 0. The fraction of sp³-hybridized carbons (Fsp3) is 1.00. The van der Waals surface area contributed by atoms with E-state index in [1.54, 1.807) is 0 Å². The van der Waals surface area contributed by atoms with Crippen molar-refractivity contribution in [2.75, 3.05) is 6.61 Å². The highest BCUT2D eigenvalue weighted by molar-refractivity contribution is 4.88. The Balaban J connectivity index is 1.75. The van der Waals surface area contributed by atoms with Crippen LogP contribution < -0.4 is 0 Å². The minimum Gasteiger partial charge on any atom is -0.393 e. The molecule has 2 aliphatic rings. The van der Waals surface area contributed by atoms with E-state index in [-0.39, 0.29) is 18.5 Å². The summed E-state index contributed by atoms with van der Waals surface area (Å²) in [4.78, 5) is 0. The molecular formula is C10H18O3. The van der Waals surface area contributed by atoms with Crippen molar-refractivity contribution >= 4 is 0 Å². The largest absolute Gasteiger partial charge is 0.393 e. The lowest BCUT2D eigenvalue weighted by atomic mass is 9.85. The summed E-state index contributed by atoms with van der Waals surface area (Å²) in [5.41, 5.74) is 0. The molecule has 4 atom stereocenters. The fourth-order valence-electron chi connectivity index (χ4n) is 2.24. The van der Waals surface area contributed by atoms with Gasteiger partial charge in [-0.1, -0.05) is 6.42 Å². The van der Waals surface area contributed by atoms with Crippen molar-refractivity contribution in [2.24, 2.45) is 5.92 Å². The molecule has 0 aromatic rings. The molecule has 0 aromatic carbocycles. The van der Waals surface area contributed by atoms with Gasteiger partial charge < -0.3 is 14.6 Å². The molecule has 4 unspecified atom stereocenters. The molecule has 3 heteroatoms. The van der Waals surface area contributed by atoms with Crippen molar-refractivity contribution in [1.82, 2.24) is 0 Å². The molecule has 13 heavy (non-hydrogen) atoms. The van der Waals surface area contributed by atoms with Crippen molar-refractivity contribution in [2.45, 2.75) is 51.1 Å². The first-order valence-electron chi connectivity index (χ1n) is 5.26. The van der Waals surface area contributed by atoms with Gasteiger partial charge in [0.15, 0.2) is 6.29 Å². The van der Waals surface area contributed by atoms with Crippen molar-refractivity contribution in [3.05, 3.63) is 0 Å². The first kappa shape index (κ1) is 9.44. The lowest BCUT2D eigenvalue weighted by molar-refractivity contribution is 0.0592. The molecule has 0 spiro atoms. The van der Waals surface area contributed by atoms with E-state index in [1.807, 2.05) is 6.92 Å². The SMILES string of the molecule is CCOC1OC1C1CCCC(O)C1. The smallest absolute Gasteiger partial charge is 0.184 e. The van der Waals surface area contributed by atoms with Crippen LogP contribution in [0.5, 0.6) is 0 Å². The first-order valence-corrected chi connectivity index (χ1v) is 5.26. The van der Waals surface area contributed by atoms with E-state index in [0.717, 1.165) is 25.9 Å². The van der Waals surface area contributed by atoms with Crippen LogP contribution in [0, 0.1) is 5.92 Å². The maximum atomic E-state index is 9.48. The first-order chi connectivity index (χ1) is 6.31. The van der Waals surface area contributed by atoms with E-state index in [2.05, 4.69) is 0 Å². The van der Waals surface area contributed by atoms with Gasteiger partial charge in [0.25, 0.3) is 0 Å². The van der Waals surface area contributed by atoms with Crippen molar-refractivity contribution < 1.29 is 14.6 Å². The van der Waals surface area contributed by atoms with Crippen LogP contribution in [0.4, 0.5) is 0 Å². The fourth-order valence-corrected chi connectivity index (χ4v) is 2.24. The maximum absolute atomic E-state index is 9.48. The van der Waals surface area contributed by atoms with Gasteiger partial charge in [-0.25, -0.2) is 0 Å². The lowest BCUT2D eigenvalue weighted by Crippen LogP contribution is -2.24. The van der Waals surface area contributed by atoms with Crippen molar-refractivity contribution in [3.63, 3.8) is 0 Å². The predicted octanol–water partition coefficient (Wildman–Crippen LogP) is 1.30. The normalized spacial score (nSPS) is 44.8. The minimum absolute atomic E-state index is 0.0281. The van der Waals surface area contributed by atoms with Crippen LogP contribution in [0.2, 0.25) is 0 Å². The monoisotopic (exact) mass is 186 g/mol. The van der Waals surface area contributed by atoms with E-state index in [1.165, 1.54) is 6.42 Å². The van der Waals surface area contributed by atoms with Crippen molar-refractivity contribution in [3.8, 4) is 0 Å². The zero-order chi connectivity index (χ0) is 9.26. The summed E-state index contributed by atoms with van der Waals surface area (Å²) in [6, 6.07) is 0. The van der Waals surface area contributed by atoms with Gasteiger partial charge in [0.05, 0.1) is 6.10 Å². The Hall–Kier alpha value is -0.120. The van der Waals surface area contributed by atoms with Crippen LogP contribution in [-0.4, -0.2) is 30.2 Å². The Morgan fingerprint density at radius 3 is 3.00 bits per heavy atom. The topological polar surface area (TPSA) is 42.0 Å². The number of hydrogen-bond acceptors (Lipinski definition) is 3. The third-order valence-electron chi connectivity index (χ3n) is 2.97. The summed E-state index contributed by atoms with van der Waals surface area (Å²) in [6.07, 6.45) is 4.37. The quantitative estimate of drug-likeness (QED) is 0.675. The molecule has 0 radical (unpaired) electrons. The van der Waals surface area contributed by atoms with E-state index in [0.29, 0.717) is 5.92 Å². The van der Waals surface area contributed by atoms with Gasteiger partial charge in [0, 0.05) is 6.61 Å². The molecule has 76 valence electrons. The minimum atomic E-state index is -0.106. The molecule has 0 aromatic heterocycles. The molecule has 2 fully saturated rings. The number of rotatable bonds is 3. The van der Waals surface area contributed by atoms with Crippen LogP contribution in [0.3, 0.4) is 0 Å². The van der Waals surface area contributed by atoms with E-state index < -0.39 is 0 Å². The molecule has 1 saturated heterocycles. The summed E-state index contributed by atoms with van der Waals surface area (Å²) < 4.78 is 10.8. The summed E-state index contributed by atoms with van der Waals surface area (Å²) in [5, 5.41) is 9.48. The second-order valence-corrected chi connectivity index (χ2v) is 4.00. The molecule has 1 aliphatic heterocycles. The molecule has 1 N–H and O–H groups in total. The molecule has 0 bridgehead atoms. The standard InChI is InChI=1S/C10H18O3/c1-2-12-10-9(13-10)7-4-3-5-8(11)6-7/h7-11H,2-6H2,1H3. The summed E-state index contributed by atoms with van der Waals surface area (Å²) in [6.45, 7) is 2.70.